The Kier molecular flexibility index (Phi) is 9.84. The Labute approximate surface area is 99.4 Å². The first-order chi connectivity index (χ1) is 7.72. The van der Waals surface area contributed by atoms with E-state index in [9.17, 15) is 4.79 Å². The van der Waals surface area contributed by atoms with E-state index >= 15 is 0 Å². The van der Waals surface area contributed by atoms with Gasteiger partial charge in [-0.25, -0.2) is 0 Å². The van der Waals surface area contributed by atoms with Crippen LogP contribution in [-0.4, -0.2) is 25.0 Å². The second kappa shape index (κ2) is 10.5. The Morgan fingerprint density at radius 3 is 2.69 bits per heavy atom. The van der Waals surface area contributed by atoms with Gasteiger partial charge in [0.05, 0.1) is 6.04 Å². The summed E-state index contributed by atoms with van der Waals surface area (Å²) in [5.41, 5.74) is 0. The van der Waals surface area contributed by atoms with E-state index in [1.165, 1.54) is 12.8 Å². The Bertz CT molecular complexity index is 220. The van der Waals surface area contributed by atoms with Crippen LogP contribution in [0.3, 0.4) is 0 Å². The highest BCUT2D eigenvalue weighted by molar-refractivity contribution is 5.81. The minimum Gasteiger partial charge on any atom is -0.355 e. The molecule has 0 aliphatic carbocycles. The monoisotopic (exact) mass is 224 g/mol. The Morgan fingerprint density at radius 1 is 1.31 bits per heavy atom. The SMILES string of the molecule is C#CCCCNC(C)C(=O)NCCCCC. The average molecular weight is 224 g/mol. The van der Waals surface area contributed by atoms with Gasteiger partial charge < -0.3 is 10.6 Å². The van der Waals surface area contributed by atoms with E-state index < -0.39 is 0 Å². The molecule has 1 atom stereocenters. The zero-order chi connectivity index (χ0) is 12.2. The highest BCUT2D eigenvalue weighted by Gasteiger charge is 2.10. The molecular formula is C13H24N2O. The molecule has 3 heteroatoms. The van der Waals surface area contributed by atoms with Crippen LogP contribution in [-0.2, 0) is 4.79 Å². The van der Waals surface area contributed by atoms with Crippen molar-refractivity contribution in [2.45, 2.75) is 52.0 Å². The van der Waals surface area contributed by atoms with Crippen molar-refractivity contribution in [3.8, 4) is 12.3 Å². The van der Waals surface area contributed by atoms with Crippen molar-refractivity contribution in [1.82, 2.24) is 10.6 Å². The molecule has 3 nitrogen and oxygen atoms in total. The summed E-state index contributed by atoms with van der Waals surface area (Å²) in [7, 11) is 0. The number of terminal acetylenes is 1. The molecule has 1 amide bonds. The fourth-order valence-electron chi connectivity index (χ4n) is 1.34. The molecule has 0 saturated heterocycles. The summed E-state index contributed by atoms with van der Waals surface area (Å²) in [4.78, 5) is 11.6. The molecule has 0 rings (SSSR count). The van der Waals surface area contributed by atoms with Crippen molar-refractivity contribution in [1.29, 1.82) is 0 Å². The lowest BCUT2D eigenvalue weighted by Gasteiger charge is -2.13. The van der Waals surface area contributed by atoms with Crippen LogP contribution in [0.4, 0.5) is 0 Å². The molecule has 0 fully saturated rings. The van der Waals surface area contributed by atoms with Crippen LogP contribution in [0.15, 0.2) is 0 Å². The number of carbonyl (C=O) groups excluding carboxylic acids is 1. The first kappa shape index (κ1) is 15.0. The zero-order valence-electron chi connectivity index (χ0n) is 10.5. The van der Waals surface area contributed by atoms with Crippen molar-refractivity contribution in [2.24, 2.45) is 0 Å². The molecule has 0 radical (unpaired) electrons. The van der Waals surface area contributed by atoms with Gasteiger partial charge in [-0.15, -0.1) is 12.3 Å². The molecule has 16 heavy (non-hydrogen) atoms. The molecule has 0 saturated carbocycles. The predicted molar refractivity (Wildman–Crippen MR) is 68.1 cm³/mol. The summed E-state index contributed by atoms with van der Waals surface area (Å²) < 4.78 is 0. The lowest BCUT2D eigenvalue weighted by molar-refractivity contribution is -0.122. The number of amides is 1. The number of carbonyl (C=O) groups is 1. The molecule has 0 aromatic carbocycles. The van der Waals surface area contributed by atoms with Crippen LogP contribution in [0.5, 0.6) is 0 Å². The van der Waals surface area contributed by atoms with Crippen LogP contribution in [0.2, 0.25) is 0 Å². The minimum absolute atomic E-state index is 0.0804. The maximum atomic E-state index is 11.6. The number of hydrogen-bond acceptors (Lipinski definition) is 2. The summed E-state index contributed by atoms with van der Waals surface area (Å²) in [6.07, 6.45) is 10.2. The summed E-state index contributed by atoms with van der Waals surface area (Å²) >= 11 is 0. The topological polar surface area (TPSA) is 41.1 Å². The highest BCUT2D eigenvalue weighted by Crippen LogP contribution is 1.92. The van der Waals surface area contributed by atoms with Crippen molar-refractivity contribution in [3.63, 3.8) is 0 Å². The largest absolute Gasteiger partial charge is 0.355 e. The van der Waals surface area contributed by atoms with E-state index in [1.54, 1.807) is 0 Å². The van der Waals surface area contributed by atoms with E-state index in [1.807, 2.05) is 6.92 Å². The molecule has 2 N–H and O–H groups in total. The molecule has 1 unspecified atom stereocenters. The second-order valence-corrected chi connectivity index (χ2v) is 3.98. The van der Waals surface area contributed by atoms with E-state index in [0.717, 1.165) is 32.4 Å². The molecule has 0 aliphatic heterocycles. The Morgan fingerprint density at radius 2 is 2.06 bits per heavy atom. The molecule has 0 aliphatic rings. The predicted octanol–water partition coefficient (Wildman–Crippen LogP) is 1.68. The van der Waals surface area contributed by atoms with Crippen molar-refractivity contribution >= 4 is 5.91 Å². The lowest BCUT2D eigenvalue weighted by Crippen LogP contribution is -2.42. The van der Waals surface area contributed by atoms with Crippen molar-refractivity contribution in [3.05, 3.63) is 0 Å². The molecule has 0 aromatic rings. The average Bonchev–Trinajstić information content (AvgIpc) is 2.29. The quantitative estimate of drug-likeness (QED) is 0.462. The fourth-order valence-corrected chi connectivity index (χ4v) is 1.34. The lowest BCUT2D eigenvalue weighted by atomic mass is 10.2. The molecular weight excluding hydrogens is 200 g/mol. The smallest absolute Gasteiger partial charge is 0.236 e. The first-order valence-electron chi connectivity index (χ1n) is 6.17. The van der Waals surface area contributed by atoms with E-state index in [0.29, 0.717) is 0 Å². The van der Waals surface area contributed by atoms with Crippen LogP contribution >= 0.6 is 0 Å². The molecule has 0 bridgehead atoms. The standard InChI is InChI=1S/C13H24N2O/c1-4-6-8-10-14-12(3)13(16)15-11-9-7-5-2/h1,12,14H,5-11H2,2-3H3,(H,15,16). The number of hydrogen-bond donors (Lipinski definition) is 2. The molecule has 92 valence electrons. The van der Waals surface area contributed by atoms with Gasteiger partial charge in [0.2, 0.25) is 5.91 Å². The van der Waals surface area contributed by atoms with Crippen LogP contribution < -0.4 is 10.6 Å². The van der Waals surface area contributed by atoms with Crippen molar-refractivity contribution in [2.75, 3.05) is 13.1 Å². The van der Waals surface area contributed by atoms with Gasteiger partial charge in [-0.1, -0.05) is 19.8 Å². The van der Waals surface area contributed by atoms with E-state index in [4.69, 9.17) is 6.42 Å². The van der Waals surface area contributed by atoms with Crippen LogP contribution in [0.25, 0.3) is 0 Å². The van der Waals surface area contributed by atoms with Gasteiger partial charge in [-0.3, -0.25) is 4.79 Å². The maximum Gasteiger partial charge on any atom is 0.236 e. The van der Waals surface area contributed by atoms with Gasteiger partial charge >= 0.3 is 0 Å². The third kappa shape index (κ3) is 8.31. The van der Waals surface area contributed by atoms with Crippen LogP contribution in [0.1, 0.15) is 46.0 Å². The third-order valence-corrected chi connectivity index (χ3v) is 2.42. The molecule has 0 aromatic heterocycles. The molecule has 0 spiro atoms. The summed E-state index contributed by atoms with van der Waals surface area (Å²) in [5, 5.41) is 6.07. The third-order valence-electron chi connectivity index (χ3n) is 2.42. The first-order valence-corrected chi connectivity index (χ1v) is 6.17. The zero-order valence-corrected chi connectivity index (χ0v) is 10.5. The summed E-state index contributed by atoms with van der Waals surface area (Å²) in [6.45, 7) is 5.61. The summed E-state index contributed by atoms with van der Waals surface area (Å²) in [6, 6.07) is -0.126. The maximum absolute atomic E-state index is 11.6. The van der Waals surface area contributed by atoms with E-state index in [-0.39, 0.29) is 11.9 Å². The van der Waals surface area contributed by atoms with Crippen molar-refractivity contribution < 1.29 is 4.79 Å². The molecule has 0 heterocycles. The fraction of sp³-hybridized carbons (Fsp3) is 0.769. The van der Waals surface area contributed by atoms with Crippen LogP contribution in [0, 0.1) is 12.3 Å². The van der Waals surface area contributed by atoms with Gasteiger partial charge in [0, 0.05) is 13.0 Å². The van der Waals surface area contributed by atoms with E-state index in [2.05, 4.69) is 23.5 Å². The number of unbranched alkanes of at least 4 members (excludes halogenated alkanes) is 3. The highest BCUT2D eigenvalue weighted by atomic mass is 16.2. The minimum atomic E-state index is -0.126. The van der Waals surface area contributed by atoms with Gasteiger partial charge in [-0.05, 0) is 26.3 Å². The van der Waals surface area contributed by atoms with Gasteiger partial charge in [0.1, 0.15) is 0 Å². The Hall–Kier alpha value is -1.01. The summed E-state index contributed by atoms with van der Waals surface area (Å²) in [5.74, 6) is 2.66. The van der Waals surface area contributed by atoms with Gasteiger partial charge in [0.15, 0.2) is 0 Å². The number of rotatable bonds is 9. The van der Waals surface area contributed by atoms with Gasteiger partial charge in [-0.2, -0.15) is 0 Å². The van der Waals surface area contributed by atoms with Gasteiger partial charge in [0.25, 0.3) is 0 Å². The second-order valence-electron chi connectivity index (χ2n) is 3.98. The Balaban J connectivity index is 3.46. The number of nitrogens with one attached hydrogen (secondary N) is 2. The normalized spacial score (nSPS) is 11.8.